The number of aliphatic carboxylic acids is 1. The lowest BCUT2D eigenvalue weighted by Gasteiger charge is -2.34. The first-order valence-corrected chi connectivity index (χ1v) is 7.34. The molecule has 1 aliphatic heterocycles. The van der Waals surface area contributed by atoms with Gasteiger partial charge in [-0.25, -0.2) is 4.79 Å². The van der Waals surface area contributed by atoms with E-state index in [9.17, 15) is 14.7 Å². The van der Waals surface area contributed by atoms with Gasteiger partial charge >= 0.3 is 5.97 Å². The van der Waals surface area contributed by atoms with Crippen molar-refractivity contribution in [1.29, 1.82) is 0 Å². The average Bonchev–Trinajstić information content (AvgIpc) is 2.99. The molecule has 1 N–H and O–H groups in total. The van der Waals surface area contributed by atoms with E-state index in [-0.39, 0.29) is 12.5 Å². The Labute approximate surface area is 132 Å². The maximum Gasteiger partial charge on any atom is 0.332 e. The second-order valence-corrected chi connectivity index (χ2v) is 5.56. The molecule has 1 saturated heterocycles. The van der Waals surface area contributed by atoms with Gasteiger partial charge in [-0.2, -0.15) is 0 Å². The molecule has 0 radical (unpaired) electrons. The smallest absolute Gasteiger partial charge is 0.332 e. The summed E-state index contributed by atoms with van der Waals surface area (Å²) < 4.78 is 5.09. The number of hydrogen-bond donors (Lipinski definition) is 1. The van der Waals surface area contributed by atoms with Crippen molar-refractivity contribution in [2.45, 2.75) is 18.4 Å². The van der Waals surface area contributed by atoms with Crippen LogP contribution in [-0.2, 0) is 9.53 Å². The fraction of sp³-hybridized carbons (Fsp3) is 0.375. The fourth-order valence-electron chi connectivity index (χ4n) is 3.16. The molecule has 0 aliphatic carbocycles. The van der Waals surface area contributed by atoms with Gasteiger partial charge in [-0.05, 0) is 25.0 Å². The molecule has 1 aromatic heterocycles. The molecule has 120 valence electrons. The molecular weight excluding hydrogens is 298 g/mol. The highest BCUT2D eigenvalue weighted by Gasteiger charge is 2.50. The van der Waals surface area contributed by atoms with Crippen molar-refractivity contribution >= 4 is 22.9 Å². The summed E-state index contributed by atoms with van der Waals surface area (Å²) in [6.45, 7) is 0.343. The Morgan fingerprint density at radius 2 is 2.13 bits per heavy atom. The number of carboxylic acids is 1. The summed E-state index contributed by atoms with van der Waals surface area (Å²) in [6.07, 6.45) is 4.07. The maximum absolute atomic E-state index is 13.0. The molecule has 3 rings (SSSR count). The first-order valence-electron chi connectivity index (χ1n) is 7.34. The van der Waals surface area contributed by atoms with Gasteiger partial charge in [0.15, 0.2) is 5.54 Å². The van der Waals surface area contributed by atoms with Crippen molar-refractivity contribution in [3.05, 3.63) is 36.2 Å². The second kappa shape index (κ2) is 5.92. The molecule has 7 heteroatoms. The van der Waals surface area contributed by atoms with Gasteiger partial charge in [0, 0.05) is 26.0 Å². The zero-order valence-electron chi connectivity index (χ0n) is 12.7. The van der Waals surface area contributed by atoms with Crippen LogP contribution < -0.4 is 0 Å². The van der Waals surface area contributed by atoms with Gasteiger partial charge in [0.05, 0.1) is 17.7 Å². The number of nitrogens with zero attached hydrogens (tertiary/aromatic N) is 3. The van der Waals surface area contributed by atoms with Gasteiger partial charge in [-0.15, -0.1) is 0 Å². The Morgan fingerprint density at radius 3 is 2.87 bits per heavy atom. The summed E-state index contributed by atoms with van der Waals surface area (Å²) in [6, 6.07) is 5.14. The highest BCUT2D eigenvalue weighted by Crippen LogP contribution is 2.32. The summed E-state index contributed by atoms with van der Waals surface area (Å²) >= 11 is 0. The molecule has 1 fully saturated rings. The number of rotatable bonds is 4. The predicted octanol–water partition coefficient (Wildman–Crippen LogP) is 1.34. The monoisotopic (exact) mass is 315 g/mol. The number of carbonyl (C=O) groups is 2. The minimum Gasteiger partial charge on any atom is -0.479 e. The topological polar surface area (TPSA) is 92.6 Å². The SMILES string of the molecule is COCC1(C(=O)O)CCCN1C(=O)c1cccc2nccnc12. The van der Waals surface area contributed by atoms with Crippen LogP contribution in [-0.4, -0.2) is 57.7 Å². The van der Waals surface area contributed by atoms with Crippen LogP contribution in [0.3, 0.4) is 0 Å². The predicted molar refractivity (Wildman–Crippen MR) is 82.1 cm³/mol. The third-order valence-corrected chi connectivity index (χ3v) is 4.24. The van der Waals surface area contributed by atoms with Crippen molar-refractivity contribution in [3.8, 4) is 0 Å². The number of carbonyl (C=O) groups excluding carboxylic acids is 1. The number of ether oxygens (including phenoxy) is 1. The van der Waals surface area contributed by atoms with Crippen LogP contribution >= 0.6 is 0 Å². The van der Waals surface area contributed by atoms with Gasteiger partial charge in [-0.3, -0.25) is 14.8 Å². The van der Waals surface area contributed by atoms with E-state index in [0.29, 0.717) is 36.0 Å². The van der Waals surface area contributed by atoms with Gasteiger partial charge in [0.2, 0.25) is 0 Å². The average molecular weight is 315 g/mol. The van der Waals surface area contributed by atoms with Crippen molar-refractivity contribution in [3.63, 3.8) is 0 Å². The zero-order valence-corrected chi connectivity index (χ0v) is 12.7. The number of benzene rings is 1. The van der Waals surface area contributed by atoms with Crippen LogP contribution in [0.25, 0.3) is 11.0 Å². The standard InChI is InChI=1S/C16H17N3O4/c1-23-10-16(15(21)22)6-3-9-19(16)14(20)11-4-2-5-12-13(11)18-8-7-17-12/h2,4-5,7-8H,3,6,9-10H2,1H3,(H,21,22). The number of hydrogen-bond acceptors (Lipinski definition) is 5. The molecule has 0 bridgehead atoms. The second-order valence-electron chi connectivity index (χ2n) is 5.56. The van der Waals surface area contributed by atoms with Crippen LogP contribution in [0.5, 0.6) is 0 Å². The summed E-state index contributed by atoms with van der Waals surface area (Å²) in [5.74, 6) is -1.40. The van der Waals surface area contributed by atoms with E-state index in [1.165, 1.54) is 18.2 Å². The van der Waals surface area contributed by atoms with E-state index < -0.39 is 11.5 Å². The van der Waals surface area contributed by atoms with E-state index >= 15 is 0 Å². The largest absolute Gasteiger partial charge is 0.479 e. The number of fused-ring (bicyclic) bond motifs is 1. The molecule has 1 amide bonds. The number of carboxylic acid groups (broad SMARTS) is 1. The van der Waals surface area contributed by atoms with E-state index in [2.05, 4.69) is 9.97 Å². The van der Waals surface area contributed by atoms with Gasteiger partial charge in [-0.1, -0.05) is 6.07 Å². The first kappa shape index (κ1) is 15.4. The molecule has 1 atom stereocenters. The summed E-state index contributed by atoms with van der Waals surface area (Å²) in [4.78, 5) is 34.6. The third-order valence-electron chi connectivity index (χ3n) is 4.24. The van der Waals surface area contributed by atoms with Gasteiger partial charge in [0.25, 0.3) is 5.91 Å². The fourth-order valence-corrected chi connectivity index (χ4v) is 3.16. The molecule has 7 nitrogen and oxygen atoms in total. The van der Waals surface area contributed by atoms with Crippen LogP contribution in [0.2, 0.25) is 0 Å². The molecule has 1 aliphatic rings. The van der Waals surface area contributed by atoms with E-state index in [4.69, 9.17) is 4.74 Å². The molecule has 0 spiro atoms. The zero-order chi connectivity index (χ0) is 16.4. The Bertz CT molecular complexity index is 759. The lowest BCUT2D eigenvalue weighted by molar-refractivity contribution is -0.151. The Hall–Kier alpha value is -2.54. The molecule has 0 saturated carbocycles. The van der Waals surface area contributed by atoms with Crippen LogP contribution in [0.15, 0.2) is 30.6 Å². The quantitative estimate of drug-likeness (QED) is 0.915. The highest BCUT2D eigenvalue weighted by molar-refractivity contribution is 6.06. The number of likely N-dealkylation sites (tertiary alicyclic amines) is 1. The Balaban J connectivity index is 2.06. The first-order chi connectivity index (χ1) is 11.1. The van der Waals surface area contributed by atoms with Crippen LogP contribution in [0, 0.1) is 0 Å². The Morgan fingerprint density at radius 1 is 1.35 bits per heavy atom. The van der Waals surface area contributed by atoms with Gasteiger partial charge < -0.3 is 14.7 Å². The summed E-state index contributed by atoms with van der Waals surface area (Å²) in [7, 11) is 1.44. The molecule has 1 unspecified atom stereocenters. The van der Waals surface area contributed by atoms with Gasteiger partial charge in [0.1, 0.15) is 5.52 Å². The number of aromatic nitrogens is 2. The lowest BCUT2D eigenvalue weighted by atomic mass is 9.96. The van der Waals surface area contributed by atoms with Crippen molar-refractivity contribution in [1.82, 2.24) is 14.9 Å². The molecule has 2 aromatic rings. The third kappa shape index (κ3) is 2.43. The number of amides is 1. The summed E-state index contributed by atoms with van der Waals surface area (Å²) in [5.41, 5.74) is 0.115. The molecular formula is C16H17N3O4. The van der Waals surface area contributed by atoms with E-state index in [1.807, 2.05) is 0 Å². The van der Waals surface area contributed by atoms with E-state index in [0.717, 1.165) is 0 Å². The highest BCUT2D eigenvalue weighted by atomic mass is 16.5. The normalized spacial score (nSPS) is 20.8. The minimum absolute atomic E-state index is 0.0372. The van der Waals surface area contributed by atoms with Crippen molar-refractivity contribution < 1.29 is 19.4 Å². The van der Waals surface area contributed by atoms with E-state index in [1.54, 1.807) is 24.4 Å². The summed E-state index contributed by atoms with van der Waals surface area (Å²) in [5, 5.41) is 9.67. The van der Waals surface area contributed by atoms with Crippen molar-refractivity contribution in [2.75, 3.05) is 20.3 Å². The molecule has 1 aromatic carbocycles. The number of methoxy groups -OCH3 is 1. The van der Waals surface area contributed by atoms with Crippen LogP contribution in [0.4, 0.5) is 0 Å². The maximum atomic E-state index is 13.0. The number of para-hydroxylation sites is 1. The molecule has 2 heterocycles. The Kier molecular flexibility index (Phi) is 3.96. The lowest BCUT2D eigenvalue weighted by Crippen LogP contribution is -2.56. The van der Waals surface area contributed by atoms with Crippen LogP contribution in [0.1, 0.15) is 23.2 Å². The molecule has 23 heavy (non-hydrogen) atoms. The van der Waals surface area contributed by atoms with Crippen molar-refractivity contribution in [2.24, 2.45) is 0 Å². The minimum atomic E-state index is -1.32.